The van der Waals surface area contributed by atoms with Gasteiger partial charge >= 0.3 is 0 Å². The summed E-state index contributed by atoms with van der Waals surface area (Å²) < 4.78 is 0. The number of nitrogens with zero attached hydrogens (tertiary/aromatic N) is 2. The van der Waals surface area contributed by atoms with Gasteiger partial charge < -0.3 is 10.6 Å². The molecule has 104 valence electrons. The molecule has 6 heteroatoms. The summed E-state index contributed by atoms with van der Waals surface area (Å²) in [5, 5.41) is 17.3. The second-order valence-corrected chi connectivity index (χ2v) is 5.64. The molecule has 1 fully saturated rings. The molecule has 1 aliphatic rings. The molecule has 0 aliphatic carbocycles. The summed E-state index contributed by atoms with van der Waals surface area (Å²) in [7, 11) is 0. The van der Waals surface area contributed by atoms with E-state index in [0.717, 1.165) is 13.1 Å². The molecule has 19 heavy (non-hydrogen) atoms. The molecule has 1 atom stereocenters. The zero-order valence-electron chi connectivity index (χ0n) is 11.3. The van der Waals surface area contributed by atoms with E-state index < -0.39 is 4.92 Å². The van der Waals surface area contributed by atoms with Crippen molar-refractivity contribution >= 4 is 11.5 Å². The fraction of sp³-hybridized carbons (Fsp3) is 0.615. The molecule has 0 bridgehead atoms. The average Bonchev–Trinajstić information content (AvgIpc) is 2.37. The van der Waals surface area contributed by atoms with Gasteiger partial charge in [-0.25, -0.2) is 4.98 Å². The summed E-state index contributed by atoms with van der Waals surface area (Å²) in [5.41, 5.74) is 0.271. The lowest BCUT2D eigenvalue weighted by Crippen LogP contribution is -2.50. The molecule has 1 aromatic heterocycles. The van der Waals surface area contributed by atoms with Crippen molar-refractivity contribution in [2.24, 2.45) is 5.41 Å². The lowest BCUT2D eigenvalue weighted by Gasteiger charge is -2.39. The van der Waals surface area contributed by atoms with Gasteiger partial charge in [-0.05, 0) is 30.9 Å². The van der Waals surface area contributed by atoms with Gasteiger partial charge in [-0.3, -0.25) is 10.1 Å². The zero-order valence-corrected chi connectivity index (χ0v) is 11.3. The molecular formula is C13H20N4O2. The number of pyridine rings is 1. The molecular weight excluding hydrogens is 244 g/mol. The van der Waals surface area contributed by atoms with Crippen LogP contribution in [0.25, 0.3) is 0 Å². The number of hydrogen-bond donors (Lipinski definition) is 2. The van der Waals surface area contributed by atoms with Crippen LogP contribution < -0.4 is 10.6 Å². The largest absolute Gasteiger partial charge is 0.368 e. The minimum absolute atomic E-state index is 0.0154. The van der Waals surface area contributed by atoms with Crippen LogP contribution in [0.1, 0.15) is 26.7 Å². The van der Waals surface area contributed by atoms with E-state index in [0.29, 0.717) is 11.9 Å². The molecule has 1 aromatic rings. The van der Waals surface area contributed by atoms with E-state index in [1.54, 1.807) is 6.07 Å². The van der Waals surface area contributed by atoms with Gasteiger partial charge in [-0.15, -0.1) is 0 Å². The van der Waals surface area contributed by atoms with Crippen LogP contribution in [0, 0.1) is 15.5 Å². The van der Waals surface area contributed by atoms with Gasteiger partial charge in [-0.2, -0.15) is 0 Å². The molecule has 1 aliphatic heterocycles. The summed E-state index contributed by atoms with van der Waals surface area (Å²) in [6, 6.07) is 3.50. The van der Waals surface area contributed by atoms with Gasteiger partial charge in [0, 0.05) is 18.7 Å². The number of nitrogens with one attached hydrogen (secondary N) is 2. The Hall–Kier alpha value is -1.69. The van der Waals surface area contributed by atoms with Crippen molar-refractivity contribution < 1.29 is 4.92 Å². The van der Waals surface area contributed by atoms with E-state index in [2.05, 4.69) is 29.5 Å². The maximum Gasteiger partial charge on any atom is 0.287 e. The molecule has 0 radical (unpaired) electrons. The fourth-order valence-corrected chi connectivity index (χ4v) is 2.42. The minimum Gasteiger partial charge on any atom is -0.368 e. The first-order valence-corrected chi connectivity index (χ1v) is 6.57. The number of rotatable bonds is 4. The lowest BCUT2D eigenvalue weighted by atomic mass is 9.77. The topological polar surface area (TPSA) is 80.1 Å². The van der Waals surface area contributed by atoms with Crippen molar-refractivity contribution in [2.75, 3.05) is 18.4 Å². The van der Waals surface area contributed by atoms with Crippen LogP contribution in [0.2, 0.25) is 0 Å². The maximum absolute atomic E-state index is 10.5. The van der Waals surface area contributed by atoms with Crippen LogP contribution in [0.5, 0.6) is 0 Å². The van der Waals surface area contributed by atoms with E-state index in [9.17, 15) is 10.1 Å². The standard InChI is InChI=1S/C13H20N4O2/c1-13(2)6-3-7-14-11(13)9-16-12-5-4-10(8-15-12)17(18)19/h4-5,8,11,14H,3,6-7,9H2,1-2H3,(H,15,16). The van der Waals surface area contributed by atoms with Crippen LogP contribution in [0.15, 0.2) is 18.3 Å². The van der Waals surface area contributed by atoms with Crippen LogP contribution in [-0.2, 0) is 0 Å². The number of nitro groups is 1. The quantitative estimate of drug-likeness (QED) is 0.643. The number of hydrogen-bond acceptors (Lipinski definition) is 5. The predicted molar refractivity (Wildman–Crippen MR) is 74.2 cm³/mol. The monoisotopic (exact) mass is 264 g/mol. The minimum atomic E-state index is -0.442. The molecule has 2 N–H and O–H groups in total. The first-order chi connectivity index (χ1) is 8.99. The van der Waals surface area contributed by atoms with Crippen molar-refractivity contribution in [3.05, 3.63) is 28.4 Å². The Labute approximate surface area is 112 Å². The van der Waals surface area contributed by atoms with Crippen LogP contribution in [0.4, 0.5) is 11.5 Å². The van der Waals surface area contributed by atoms with Gasteiger partial charge in [0.15, 0.2) is 0 Å². The molecule has 0 spiro atoms. The second-order valence-electron chi connectivity index (χ2n) is 5.64. The SMILES string of the molecule is CC1(C)CCCNC1CNc1ccc([N+](=O)[O-])cn1. The molecule has 0 saturated carbocycles. The molecule has 2 heterocycles. The summed E-state index contributed by atoms with van der Waals surface area (Å²) in [4.78, 5) is 14.1. The Kier molecular flexibility index (Phi) is 3.99. The third-order valence-electron chi connectivity index (χ3n) is 3.78. The molecule has 2 rings (SSSR count). The Morgan fingerprint density at radius 3 is 2.95 bits per heavy atom. The highest BCUT2D eigenvalue weighted by Gasteiger charge is 2.31. The van der Waals surface area contributed by atoms with E-state index in [1.807, 2.05) is 0 Å². The second kappa shape index (κ2) is 5.52. The van der Waals surface area contributed by atoms with Crippen molar-refractivity contribution in [2.45, 2.75) is 32.7 Å². The predicted octanol–water partition coefficient (Wildman–Crippen LogP) is 2.18. The van der Waals surface area contributed by atoms with E-state index >= 15 is 0 Å². The molecule has 1 unspecified atom stereocenters. The summed E-state index contributed by atoms with van der Waals surface area (Å²) in [5.74, 6) is 0.675. The van der Waals surface area contributed by atoms with Crippen molar-refractivity contribution in [1.29, 1.82) is 0 Å². The van der Waals surface area contributed by atoms with Crippen molar-refractivity contribution in [3.8, 4) is 0 Å². The highest BCUT2D eigenvalue weighted by atomic mass is 16.6. The third-order valence-corrected chi connectivity index (χ3v) is 3.78. The van der Waals surface area contributed by atoms with Crippen molar-refractivity contribution in [3.63, 3.8) is 0 Å². The zero-order chi connectivity index (χ0) is 13.9. The van der Waals surface area contributed by atoms with Crippen molar-refractivity contribution in [1.82, 2.24) is 10.3 Å². The van der Waals surface area contributed by atoms with Crippen LogP contribution in [-0.4, -0.2) is 29.0 Å². The van der Waals surface area contributed by atoms with E-state index in [1.165, 1.54) is 25.1 Å². The molecule has 0 amide bonds. The fourth-order valence-electron chi connectivity index (χ4n) is 2.42. The lowest BCUT2D eigenvalue weighted by molar-refractivity contribution is -0.385. The highest BCUT2D eigenvalue weighted by Crippen LogP contribution is 2.30. The van der Waals surface area contributed by atoms with Gasteiger partial charge in [0.1, 0.15) is 12.0 Å². The highest BCUT2D eigenvalue weighted by molar-refractivity contribution is 5.40. The molecule has 1 saturated heterocycles. The first kappa shape index (κ1) is 13.7. The molecule has 6 nitrogen and oxygen atoms in total. The Balaban J connectivity index is 1.93. The number of anilines is 1. The Bertz CT molecular complexity index is 444. The Morgan fingerprint density at radius 2 is 2.37 bits per heavy atom. The van der Waals surface area contributed by atoms with Gasteiger partial charge in [0.05, 0.1) is 4.92 Å². The summed E-state index contributed by atoms with van der Waals surface area (Å²) in [6.07, 6.45) is 3.70. The number of piperidine rings is 1. The molecule has 0 aromatic carbocycles. The Morgan fingerprint density at radius 1 is 1.58 bits per heavy atom. The maximum atomic E-state index is 10.5. The first-order valence-electron chi connectivity index (χ1n) is 6.57. The van der Waals surface area contributed by atoms with Gasteiger partial charge in [0.25, 0.3) is 5.69 Å². The normalized spacial score (nSPS) is 21.9. The average molecular weight is 264 g/mol. The number of aromatic nitrogens is 1. The van der Waals surface area contributed by atoms with Crippen LogP contribution >= 0.6 is 0 Å². The summed E-state index contributed by atoms with van der Waals surface area (Å²) >= 11 is 0. The third kappa shape index (κ3) is 3.41. The van der Waals surface area contributed by atoms with Crippen LogP contribution in [0.3, 0.4) is 0 Å². The van der Waals surface area contributed by atoms with E-state index in [4.69, 9.17) is 0 Å². The smallest absolute Gasteiger partial charge is 0.287 e. The summed E-state index contributed by atoms with van der Waals surface area (Å²) in [6.45, 7) is 6.34. The van der Waals surface area contributed by atoms with E-state index in [-0.39, 0.29) is 11.1 Å². The van der Waals surface area contributed by atoms with Gasteiger partial charge in [0.2, 0.25) is 0 Å². The van der Waals surface area contributed by atoms with Gasteiger partial charge in [-0.1, -0.05) is 13.8 Å².